The number of rotatable bonds is 3. The van der Waals surface area contributed by atoms with E-state index in [1.54, 1.807) is 32.0 Å². The van der Waals surface area contributed by atoms with Crippen molar-refractivity contribution in [2.24, 2.45) is 5.41 Å². The van der Waals surface area contributed by atoms with Crippen LogP contribution >= 0.6 is 0 Å². The van der Waals surface area contributed by atoms with Gasteiger partial charge in [0.2, 0.25) is 5.54 Å². The van der Waals surface area contributed by atoms with Crippen molar-refractivity contribution in [1.29, 1.82) is 0 Å². The number of Topliss-reactive ketones (excluding diaryl/α,β-unsaturated/α-hetero) is 1. The Kier molecular flexibility index (Phi) is 4.95. The first-order valence-corrected chi connectivity index (χ1v) is 9.94. The van der Waals surface area contributed by atoms with Gasteiger partial charge < -0.3 is 5.32 Å². The number of carbonyl (C=O) groups is 3. The molecule has 166 valence electrons. The third-order valence-electron chi connectivity index (χ3n) is 5.69. The molecule has 0 fully saturated rings. The highest BCUT2D eigenvalue weighted by Gasteiger charge is 2.72. The Labute approximate surface area is 182 Å². The molecule has 2 aromatic rings. The van der Waals surface area contributed by atoms with Crippen molar-refractivity contribution >= 4 is 23.3 Å². The molecular formula is C23H20F3N3O3. The lowest BCUT2D eigenvalue weighted by atomic mass is 9.72. The number of hydrogen-bond donors (Lipinski definition) is 1. The molecule has 1 aromatic heterocycles. The number of alkyl halides is 3. The van der Waals surface area contributed by atoms with Crippen LogP contribution in [0, 0.1) is 5.41 Å². The number of amides is 2. The van der Waals surface area contributed by atoms with Gasteiger partial charge in [-0.25, -0.2) is 0 Å². The van der Waals surface area contributed by atoms with Gasteiger partial charge in [-0.15, -0.1) is 0 Å². The second-order valence-corrected chi connectivity index (χ2v) is 8.68. The van der Waals surface area contributed by atoms with Crippen molar-refractivity contribution in [2.45, 2.75) is 38.4 Å². The van der Waals surface area contributed by atoms with E-state index in [2.05, 4.69) is 4.98 Å². The number of nitrogens with zero attached hydrogens (tertiary/aromatic N) is 2. The topological polar surface area (TPSA) is 79.4 Å². The molecule has 0 saturated heterocycles. The Morgan fingerprint density at radius 3 is 2.34 bits per heavy atom. The predicted octanol–water partition coefficient (Wildman–Crippen LogP) is 3.80. The lowest BCUT2D eigenvalue weighted by molar-refractivity contribution is -0.186. The highest BCUT2D eigenvalue weighted by atomic mass is 19.4. The number of ketones is 1. The number of carbonyl (C=O) groups excluding carboxylic acids is 3. The van der Waals surface area contributed by atoms with Gasteiger partial charge >= 0.3 is 6.18 Å². The second-order valence-electron chi connectivity index (χ2n) is 8.68. The number of nitrogens with one attached hydrogen (secondary N) is 1. The zero-order chi connectivity index (χ0) is 23.3. The maximum atomic E-state index is 14.7. The first-order chi connectivity index (χ1) is 15.0. The smallest absolute Gasteiger partial charge is 0.326 e. The minimum atomic E-state index is -5.26. The number of pyridine rings is 1. The molecule has 2 aliphatic rings. The lowest BCUT2D eigenvalue weighted by Crippen LogP contribution is -2.66. The van der Waals surface area contributed by atoms with Crippen LogP contribution in [0.4, 0.5) is 18.9 Å². The third-order valence-corrected chi connectivity index (χ3v) is 5.69. The number of allylic oxidation sites excluding steroid dienone is 1. The first kappa shape index (κ1) is 21.7. The van der Waals surface area contributed by atoms with Crippen LogP contribution in [-0.4, -0.2) is 34.3 Å². The van der Waals surface area contributed by atoms with Crippen molar-refractivity contribution in [3.8, 4) is 0 Å². The highest BCUT2D eigenvalue weighted by Crippen LogP contribution is 2.52. The predicted molar refractivity (Wildman–Crippen MR) is 109 cm³/mol. The van der Waals surface area contributed by atoms with Gasteiger partial charge in [0.15, 0.2) is 5.78 Å². The molecule has 1 aliphatic carbocycles. The second kappa shape index (κ2) is 7.29. The van der Waals surface area contributed by atoms with Gasteiger partial charge in [-0.05, 0) is 36.1 Å². The molecule has 9 heteroatoms. The van der Waals surface area contributed by atoms with E-state index in [9.17, 15) is 27.6 Å². The molecule has 1 aliphatic heterocycles. The minimum Gasteiger partial charge on any atom is -0.326 e. The first-order valence-electron chi connectivity index (χ1n) is 9.94. The summed E-state index contributed by atoms with van der Waals surface area (Å²) >= 11 is 0. The Morgan fingerprint density at radius 1 is 1.06 bits per heavy atom. The zero-order valence-corrected chi connectivity index (χ0v) is 17.4. The van der Waals surface area contributed by atoms with Crippen LogP contribution in [0.5, 0.6) is 0 Å². The van der Waals surface area contributed by atoms with Crippen molar-refractivity contribution in [3.05, 3.63) is 71.7 Å². The molecule has 1 N–H and O–H groups in total. The number of para-hydroxylation sites is 1. The summed E-state index contributed by atoms with van der Waals surface area (Å²) < 4.78 is 44.1. The van der Waals surface area contributed by atoms with Crippen LogP contribution in [0.3, 0.4) is 0 Å². The van der Waals surface area contributed by atoms with E-state index in [1.807, 2.05) is 5.32 Å². The molecule has 0 bridgehead atoms. The number of aromatic nitrogens is 1. The summed E-state index contributed by atoms with van der Waals surface area (Å²) in [6, 6.07) is 10.5. The fourth-order valence-corrected chi connectivity index (χ4v) is 4.34. The van der Waals surface area contributed by atoms with Crippen molar-refractivity contribution in [1.82, 2.24) is 10.3 Å². The fourth-order valence-electron chi connectivity index (χ4n) is 4.34. The summed E-state index contributed by atoms with van der Waals surface area (Å²) in [5.74, 6) is -3.39. The highest BCUT2D eigenvalue weighted by molar-refractivity contribution is 6.21. The largest absolute Gasteiger partial charge is 0.425 e. The number of halogens is 3. The lowest BCUT2D eigenvalue weighted by Gasteiger charge is -2.35. The van der Waals surface area contributed by atoms with Crippen molar-refractivity contribution in [2.75, 3.05) is 4.90 Å². The molecule has 6 nitrogen and oxygen atoms in total. The molecule has 1 aromatic carbocycles. The number of benzene rings is 1. The average Bonchev–Trinajstić information content (AvgIpc) is 2.97. The molecule has 2 heterocycles. The Balaban J connectivity index is 1.95. The molecule has 4 rings (SSSR count). The van der Waals surface area contributed by atoms with Crippen LogP contribution in [0.1, 0.15) is 37.0 Å². The van der Waals surface area contributed by atoms with Crippen molar-refractivity contribution in [3.63, 3.8) is 0 Å². The van der Waals surface area contributed by atoms with Gasteiger partial charge in [-0.2, -0.15) is 13.2 Å². The summed E-state index contributed by atoms with van der Waals surface area (Å²) in [6.07, 6.45) is -2.92. The van der Waals surface area contributed by atoms with E-state index in [-0.39, 0.29) is 29.8 Å². The zero-order valence-electron chi connectivity index (χ0n) is 17.4. The summed E-state index contributed by atoms with van der Waals surface area (Å²) in [6.45, 7) is 3.51. The van der Waals surface area contributed by atoms with Crippen molar-refractivity contribution < 1.29 is 27.6 Å². The molecule has 0 unspecified atom stereocenters. The fraction of sp³-hybridized carbons (Fsp3) is 0.304. The molecule has 1 atom stereocenters. The average molecular weight is 443 g/mol. The molecule has 0 saturated carbocycles. The van der Waals surface area contributed by atoms with E-state index in [0.29, 0.717) is 0 Å². The van der Waals surface area contributed by atoms with Crippen LogP contribution in [-0.2, 0) is 9.59 Å². The van der Waals surface area contributed by atoms with Gasteiger partial charge in [0.1, 0.15) is 0 Å². The number of hydrogen-bond acceptors (Lipinski definition) is 4. The van der Waals surface area contributed by atoms with Gasteiger partial charge in [0.25, 0.3) is 11.8 Å². The minimum absolute atomic E-state index is 0.0359. The molecule has 0 radical (unpaired) electrons. The van der Waals surface area contributed by atoms with E-state index in [0.717, 1.165) is 11.1 Å². The van der Waals surface area contributed by atoms with Crippen LogP contribution in [0.2, 0.25) is 0 Å². The van der Waals surface area contributed by atoms with E-state index in [4.69, 9.17) is 0 Å². The van der Waals surface area contributed by atoms with Crippen LogP contribution in [0.15, 0.2) is 66.1 Å². The molecule has 2 amide bonds. The van der Waals surface area contributed by atoms with E-state index < -0.39 is 40.3 Å². The van der Waals surface area contributed by atoms with Crippen LogP contribution in [0.25, 0.3) is 0 Å². The standard InChI is InChI=1S/C23H20F3N3O3/c1-21(2)11-16-18(17(30)12-21)22(23(24,25)26,28-19(31)14-7-6-10-27-13-14)20(32)29(16)15-8-4-3-5-9-15/h3-10,13H,11-12H2,1-2H3,(H,28,31)/t22-/m1/s1. The van der Waals surface area contributed by atoms with Crippen LogP contribution < -0.4 is 10.2 Å². The maximum Gasteiger partial charge on any atom is 0.425 e. The normalized spacial score (nSPS) is 22.7. The number of anilines is 1. The van der Waals surface area contributed by atoms with Gasteiger partial charge in [0.05, 0.1) is 11.1 Å². The SMILES string of the molecule is CC1(C)CC(=O)C2=C(C1)N(c1ccccc1)C(=O)[C@@]2(NC(=O)c1cccnc1)C(F)(F)F. The quantitative estimate of drug-likeness (QED) is 0.783. The van der Waals surface area contributed by atoms with Gasteiger partial charge in [0, 0.05) is 30.2 Å². The summed E-state index contributed by atoms with van der Waals surface area (Å²) in [5.41, 5.74) is -4.86. The molecule has 32 heavy (non-hydrogen) atoms. The summed E-state index contributed by atoms with van der Waals surface area (Å²) in [4.78, 5) is 44.1. The van der Waals surface area contributed by atoms with E-state index >= 15 is 0 Å². The maximum absolute atomic E-state index is 14.7. The molecular weight excluding hydrogens is 423 g/mol. The Bertz CT molecular complexity index is 1130. The Hall–Kier alpha value is -3.49. The van der Waals surface area contributed by atoms with E-state index in [1.165, 1.54) is 30.5 Å². The molecule has 0 spiro atoms. The van der Waals surface area contributed by atoms with Gasteiger partial charge in [-0.1, -0.05) is 32.0 Å². The monoisotopic (exact) mass is 443 g/mol. The summed E-state index contributed by atoms with van der Waals surface area (Å²) in [7, 11) is 0. The summed E-state index contributed by atoms with van der Waals surface area (Å²) in [5, 5.41) is 1.88. The third kappa shape index (κ3) is 3.28. The Morgan fingerprint density at radius 2 is 1.75 bits per heavy atom. The van der Waals surface area contributed by atoms with Gasteiger partial charge in [-0.3, -0.25) is 24.3 Å².